The van der Waals surface area contributed by atoms with Gasteiger partial charge in [0.2, 0.25) is 5.91 Å². The van der Waals surface area contributed by atoms with Crippen LogP contribution in [0.3, 0.4) is 0 Å². The highest BCUT2D eigenvalue weighted by molar-refractivity contribution is 5.92. The molecule has 1 aromatic heterocycles. The lowest BCUT2D eigenvalue weighted by Crippen LogP contribution is -2.48. The molecule has 6 nitrogen and oxygen atoms in total. The smallest absolute Gasteiger partial charge is 0.243 e. The van der Waals surface area contributed by atoms with E-state index >= 15 is 0 Å². The molecule has 2 heterocycles. The van der Waals surface area contributed by atoms with E-state index in [0.29, 0.717) is 6.42 Å². The number of hydrogen-bond acceptors (Lipinski definition) is 5. The van der Waals surface area contributed by atoms with Gasteiger partial charge in [-0.25, -0.2) is 5.48 Å². The van der Waals surface area contributed by atoms with E-state index in [4.69, 9.17) is 5.21 Å². The van der Waals surface area contributed by atoms with Gasteiger partial charge in [0, 0.05) is 30.8 Å². The standard InChI is InChI=1S/C15H18N4O2/c1-9-3-12-13(4-10(9)2)17-16-6-14(12)19-7-11(8-19)5-15(20)18-21/h3-4,6,11,21H,5,7-8H2,1-2H3,(H,18,20). The molecule has 1 amide bonds. The van der Waals surface area contributed by atoms with Gasteiger partial charge in [-0.2, -0.15) is 10.2 Å². The van der Waals surface area contributed by atoms with Gasteiger partial charge in [0.25, 0.3) is 0 Å². The van der Waals surface area contributed by atoms with E-state index in [0.717, 1.165) is 29.7 Å². The molecule has 21 heavy (non-hydrogen) atoms. The van der Waals surface area contributed by atoms with Crippen LogP contribution >= 0.6 is 0 Å². The van der Waals surface area contributed by atoms with Crippen molar-refractivity contribution in [2.75, 3.05) is 18.0 Å². The Bertz CT molecular complexity index is 695. The fourth-order valence-electron chi connectivity index (χ4n) is 2.76. The van der Waals surface area contributed by atoms with Crippen molar-refractivity contribution >= 4 is 22.5 Å². The Hall–Kier alpha value is -2.21. The Morgan fingerprint density at radius 1 is 1.38 bits per heavy atom. The van der Waals surface area contributed by atoms with Crippen molar-refractivity contribution in [1.29, 1.82) is 0 Å². The number of hydrogen-bond donors (Lipinski definition) is 2. The number of carbonyl (C=O) groups excluding carboxylic acids is 1. The maximum Gasteiger partial charge on any atom is 0.243 e. The largest absolute Gasteiger partial charge is 0.369 e. The monoisotopic (exact) mass is 286 g/mol. The van der Waals surface area contributed by atoms with Crippen LogP contribution in [0.25, 0.3) is 10.9 Å². The minimum absolute atomic E-state index is 0.270. The Balaban J connectivity index is 1.83. The van der Waals surface area contributed by atoms with Gasteiger partial charge < -0.3 is 4.90 Å². The van der Waals surface area contributed by atoms with Gasteiger partial charge in [-0.1, -0.05) is 0 Å². The number of hydroxylamine groups is 1. The molecule has 0 unspecified atom stereocenters. The second-order valence-electron chi connectivity index (χ2n) is 5.69. The molecular weight excluding hydrogens is 268 g/mol. The van der Waals surface area contributed by atoms with E-state index in [9.17, 15) is 4.79 Å². The van der Waals surface area contributed by atoms with Gasteiger partial charge in [-0.05, 0) is 37.1 Å². The number of fused-ring (bicyclic) bond motifs is 1. The molecule has 6 heteroatoms. The van der Waals surface area contributed by atoms with Crippen molar-refractivity contribution in [3.63, 3.8) is 0 Å². The van der Waals surface area contributed by atoms with E-state index in [1.807, 2.05) is 0 Å². The number of aromatic nitrogens is 2. The normalized spacial score (nSPS) is 15.1. The lowest BCUT2D eigenvalue weighted by Gasteiger charge is -2.41. The summed E-state index contributed by atoms with van der Waals surface area (Å²) in [6.45, 7) is 5.74. The van der Waals surface area contributed by atoms with Crippen LogP contribution < -0.4 is 10.4 Å². The molecule has 0 bridgehead atoms. The predicted octanol–water partition coefficient (Wildman–Crippen LogP) is 1.58. The van der Waals surface area contributed by atoms with Gasteiger partial charge in [0.05, 0.1) is 17.4 Å². The van der Waals surface area contributed by atoms with Gasteiger partial charge in [-0.3, -0.25) is 10.0 Å². The summed E-state index contributed by atoms with van der Waals surface area (Å²) in [5, 5.41) is 17.9. The molecule has 2 aromatic rings. The minimum atomic E-state index is -0.330. The van der Waals surface area contributed by atoms with Crippen molar-refractivity contribution in [2.24, 2.45) is 5.92 Å². The first kappa shape index (κ1) is 13.8. The molecule has 1 aromatic carbocycles. The van der Waals surface area contributed by atoms with Gasteiger partial charge >= 0.3 is 0 Å². The molecule has 3 rings (SSSR count). The summed E-state index contributed by atoms with van der Waals surface area (Å²) in [6.07, 6.45) is 2.13. The van der Waals surface area contributed by atoms with Gasteiger partial charge in [-0.15, -0.1) is 0 Å². The molecule has 0 spiro atoms. The van der Waals surface area contributed by atoms with Gasteiger partial charge in [0.15, 0.2) is 0 Å². The summed E-state index contributed by atoms with van der Waals surface area (Å²) in [7, 11) is 0. The zero-order valence-corrected chi connectivity index (χ0v) is 12.1. The predicted molar refractivity (Wildman–Crippen MR) is 79.3 cm³/mol. The van der Waals surface area contributed by atoms with Crippen molar-refractivity contribution in [3.8, 4) is 0 Å². The van der Waals surface area contributed by atoms with Crippen LogP contribution in [0.5, 0.6) is 0 Å². The molecule has 2 N–H and O–H groups in total. The summed E-state index contributed by atoms with van der Waals surface area (Å²) in [6, 6.07) is 4.19. The molecule has 1 fully saturated rings. The summed E-state index contributed by atoms with van der Waals surface area (Å²) in [5.41, 5.74) is 6.07. The third-order valence-electron chi connectivity index (χ3n) is 4.13. The van der Waals surface area contributed by atoms with E-state index < -0.39 is 0 Å². The zero-order chi connectivity index (χ0) is 15.0. The lowest BCUT2D eigenvalue weighted by molar-refractivity contribution is -0.130. The first-order valence-electron chi connectivity index (χ1n) is 6.99. The van der Waals surface area contributed by atoms with Crippen LogP contribution in [0.2, 0.25) is 0 Å². The number of anilines is 1. The van der Waals surface area contributed by atoms with E-state index in [1.54, 1.807) is 11.7 Å². The molecule has 0 saturated carbocycles. The molecule has 0 atom stereocenters. The quantitative estimate of drug-likeness (QED) is 0.661. The zero-order valence-electron chi connectivity index (χ0n) is 12.1. The fourth-order valence-corrected chi connectivity index (χ4v) is 2.76. The fraction of sp³-hybridized carbons (Fsp3) is 0.400. The Kier molecular flexibility index (Phi) is 3.47. The molecule has 0 aliphatic carbocycles. The number of rotatable bonds is 3. The van der Waals surface area contributed by atoms with Crippen molar-refractivity contribution in [1.82, 2.24) is 15.7 Å². The molecular formula is C15H18N4O2. The number of nitrogens with one attached hydrogen (secondary N) is 1. The minimum Gasteiger partial charge on any atom is -0.369 e. The Morgan fingerprint density at radius 3 is 2.81 bits per heavy atom. The van der Waals surface area contributed by atoms with Crippen LogP contribution in [-0.4, -0.2) is 34.4 Å². The highest BCUT2D eigenvalue weighted by atomic mass is 16.5. The molecule has 1 aliphatic rings. The van der Waals surface area contributed by atoms with Crippen LogP contribution in [0.4, 0.5) is 5.69 Å². The number of nitrogens with zero attached hydrogens (tertiary/aromatic N) is 3. The van der Waals surface area contributed by atoms with E-state index in [2.05, 4.69) is 41.1 Å². The van der Waals surface area contributed by atoms with Crippen LogP contribution in [0.1, 0.15) is 17.5 Å². The average molecular weight is 286 g/mol. The summed E-state index contributed by atoms with van der Waals surface area (Å²) >= 11 is 0. The first-order chi connectivity index (χ1) is 10.1. The molecule has 1 saturated heterocycles. The Morgan fingerprint density at radius 2 is 2.10 bits per heavy atom. The molecule has 1 aliphatic heterocycles. The summed E-state index contributed by atoms with van der Waals surface area (Å²) < 4.78 is 0. The third kappa shape index (κ3) is 2.54. The summed E-state index contributed by atoms with van der Waals surface area (Å²) in [4.78, 5) is 13.3. The Labute approximate surface area is 122 Å². The molecule has 110 valence electrons. The van der Waals surface area contributed by atoms with E-state index in [-0.39, 0.29) is 11.8 Å². The number of benzene rings is 1. The van der Waals surface area contributed by atoms with Crippen LogP contribution in [-0.2, 0) is 4.79 Å². The average Bonchev–Trinajstić information content (AvgIpc) is 2.43. The topological polar surface area (TPSA) is 78.4 Å². The first-order valence-corrected chi connectivity index (χ1v) is 6.99. The highest BCUT2D eigenvalue weighted by Gasteiger charge is 2.30. The van der Waals surface area contributed by atoms with Crippen molar-refractivity contribution < 1.29 is 10.0 Å². The maximum atomic E-state index is 11.2. The maximum absolute atomic E-state index is 11.2. The van der Waals surface area contributed by atoms with Crippen molar-refractivity contribution in [2.45, 2.75) is 20.3 Å². The number of amides is 1. The second-order valence-corrected chi connectivity index (χ2v) is 5.69. The highest BCUT2D eigenvalue weighted by Crippen LogP contribution is 2.32. The number of aryl methyl sites for hydroxylation is 2. The van der Waals surface area contributed by atoms with E-state index in [1.165, 1.54) is 11.1 Å². The summed E-state index contributed by atoms with van der Waals surface area (Å²) in [5.74, 6) is -0.0595. The van der Waals surface area contributed by atoms with Gasteiger partial charge in [0.1, 0.15) is 0 Å². The van der Waals surface area contributed by atoms with Crippen LogP contribution in [0.15, 0.2) is 18.3 Å². The third-order valence-corrected chi connectivity index (χ3v) is 4.13. The van der Waals surface area contributed by atoms with Crippen molar-refractivity contribution in [3.05, 3.63) is 29.5 Å². The SMILES string of the molecule is Cc1cc2nncc(N3CC(CC(=O)NO)C3)c2cc1C. The number of carbonyl (C=O) groups is 1. The second kappa shape index (κ2) is 5.29. The van der Waals surface area contributed by atoms with Crippen LogP contribution in [0, 0.1) is 19.8 Å². The lowest BCUT2D eigenvalue weighted by atomic mass is 9.94. The molecule has 0 radical (unpaired) electrons.